The Morgan fingerprint density at radius 1 is 1.36 bits per heavy atom. The van der Waals surface area contributed by atoms with Crippen LogP contribution in [0.15, 0.2) is 12.1 Å². The number of rotatable bonds is 3. The van der Waals surface area contributed by atoms with Crippen LogP contribution in [0.5, 0.6) is 5.75 Å². The molecule has 0 radical (unpaired) electrons. The molecule has 78 valence electrons. The molecule has 0 spiro atoms. The van der Waals surface area contributed by atoms with E-state index in [1.54, 1.807) is 7.05 Å². The lowest BCUT2D eigenvalue weighted by Gasteiger charge is -2.17. The van der Waals surface area contributed by atoms with Gasteiger partial charge in [0.2, 0.25) is 0 Å². The van der Waals surface area contributed by atoms with Crippen molar-refractivity contribution in [1.29, 1.82) is 0 Å². The molecule has 1 aromatic rings. The SMILES string of the molecule is COc1cc(F)c(N(C)CN)cc1F. The van der Waals surface area contributed by atoms with E-state index in [4.69, 9.17) is 5.73 Å². The number of methoxy groups -OCH3 is 1. The maximum Gasteiger partial charge on any atom is 0.167 e. The number of anilines is 1. The minimum absolute atomic E-state index is 0.114. The van der Waals surface area contributed by atoms with Crippen LogP contribution in [0.25, 0.3) is 0 Å². The molecule has 0 saturated carbocycles. The van der Waals surface area contributed by atoms with E-state index in [2.05, 4.69) is 4.74 Å². The minimum Gasteiger partial charge on any atom is -0.494 e. The van der Waals surface area contributed by atoms with Crippen LogP contribution in [0.4, 0.5) is 14.5 Å². The molecule has 0 saturated heterocycles. The highest BCUT2D eigenvalue weighted by Crippen LogP contribution is 2.26. The monoisotopic (exact) mass is 202 g/mol. The number of hydrogen-bond donors (Lipinski definition) is 1. The fraction of sp³-hybridized carbons (Fsp3) is 0.333. The van der Waals surface area contributed by atoms with E-state index in [0.717, 1.165) is 12.1 Å². The van der Waals surface area contributed by atoms with Gasteiger partial charge in [-0.2, -0.15) is 0 Å². The van der Waals surface area contributed by atoms with Crippen LogP contribution in [0, 0.1) is 11.6 Å². The zero-order chi connectivity index (χ0) is 10.7. The van der Waals surface area contributed by atoms with E-state index in [0.29, 0.717) is 0 Å². The third kappa shape index (κ3) is 1.93. The summed E-state index contributed by atoms with van der Waals surface area (Å²) in [6.07, 6.45) is 0. The maximum atomic E-state index is 13.3. The first-order chi connectivity index (χ1) is 6.60. The van der Waals surface area contributed by atoms with E-state index in [1.807, 2.05) is 0 Å². The number of halogens is 2. The van der Waals surface area contributed by atoms with Gasteiger partial charge in [0.15, 0.2) is 11.6 Å². The molecule has 0 aromatic heterocycles. The molecule has 1 aromatic carbocycles. The highest BCUT2D eigenvalue weighted by atomic mass is 19.1. The van der Waals surface area contributed by atoms with Gasteiger partial charge in [-0.05, 0) is 0 Å². The summed E-state index contributed by atoms with van der Waals surface area (Å²) in [5, 5.41) is 0. The molecular formula is C9H12F2N2O. The van der Waals surface area contributed by atoms with Crippen LogP contribution in [0.1, 0.15) is 0 Å². The Kier molecular flexibility index (Phi) is 3.24. The van der Waals surface area contributed by atoms with Crippen molar-refractivity contribution in [3.63, 3.8) is 0 Å². The van der Waals surface area contributed by atoms with Gasteiger partial charge >= 0.3 is 0 Å². The zero-order valence-electron chi connectivity index (χ0n) is 8.05. The number of hydrogen-bond acceptors (Lipinski definition) is 3. The summed E-state index contributed by atoms with van der Waals surface area (Å²) in [5.41, 5.74) is 5.42. The Morgan fingerprint density at radius 2 is 2.00 bits per heavy atom. The molecule has 14 heavy (non-hydrogen) atoms. The fourth-order valence-electron chi connectivity index (χ4n) is 1.07. The van der Waals surface area contributed by atoms with Gasteiger partial charge < -0.3 is 15.4 Å². The molecule has 5 heteroatoms. The van der Waals surface area contributed by atoms with Crippen LogP contribution in [-0.4, -0.2) is 20.8 Å². The lowest BCUT2D eigenvalue weighted by Crippen LogP contribution is -2.26. The van der Waals surface area contributed by atoms with Gasteiger partial charge in [0.25, 0.3) is 0 Å². The van der Waals surface area contributed by atoms with Gasteiger partial charge in [0.05, 0.1) is 19.5 Å². The highest BCUT2D eigenvalue weighted by Gasteiger charge is 2.12. The summed E-state index contributed by atoms with van der Waals surface area (Å²) in [5.74, 6) is -1.28. The van der Waals surface area contributed by atoms with Crippen molar-refractivity contribution in [2.45, 2.75) is 0 Å². The third-order valence-electron chi connectivity index (χ3n) is 1.91. The Labute approximate surface area is 81.1 Å². The Hall–Kier alpha value is -1.36. The van der Waals surface area contributed by atoms with E-state index in [-0.39, 0.29) is 18.1 Å². The fourth-order valence-corrected chi connectivity index (χ4v) is 1.07. The molecule has 0 unspecified atom stereocenters. The third-order valence-corrected chi connectivity index (χ3v) is 1.91. The Morgan fingerprint density at radius 3 is 2.50 bits per heavy atom. The Balaban J connectivity index is 3.14. The normalized spacial score (nSPS) is 10.1. The van der Waals surface area contributed by atoms with E-state index < -0.39 is 11.6 Å². The summed E-state index contributed by atoms with van der Waals surface area (Å²) in [4.78, 5) is 1.40. The average molecular weight is 202 g/mol. The lowest BCUT2D eigenvalue weighted by atomic mass is 10.2. The predicted molar refractivity (Wildman–Crippen MR) is 50.4 cm³/mol. The van der Waals surface area contributed by atoms with Crippen molar-refractivity contribution in [3.05, 3.63) is 23.8 Å². The van der Waals surface area contributed by atoms with Gasteiger partial charge in [-0.15, -0.1) is 0 Å². The first-order valence-corrected chi connectivity index (χ1v) is 4.04. The maximum absolute atomic E-state index is 13.3. The number of ether oxygens (including phenoxy) is 1. The molecular weight excluding hydrogens is 190 g/mol. The molecule has 1 rings (SSSR count). The molecule has 0 aliphatic rings. The second-order valence-corrected chi connectivity index (χ2v) is 2.82. The molecule has 0 aliphatic carbocycles. The van der Waals surface area contributed by atoms with E-state index in [9.17, 15) is 8.78 Å². The summed E-state index contributed by atoms with van der Waals surface area (Å²) in [7, 11) is 2.86. The van der Waals surface area contributed by atoms with Gasteiger partial charge in [-0.1, -0.05) is 0 Å². The summed E-state index contributed by atoms with van der Waals surface area (Å²) < 4.78 is 31.1. The molecule has 0 aliphatic heterocycles. The largest absolute Gasteiger partial charge is 0.494 e. The van der Waals surface area contributed by atoms with E-state index in [1.165, 1.54) is 12.0 Å². The molecule has 0 heterocycles. The minimum atomic E-state index is -0.607. The predicted octanol–water partition coefficient (Wildman–Crippen LogP) is 1.33. The summed E-state index contributed by atoms with van der Waals surface area (Å²) >= 11 is 0. The molecule has 0 amide bonds. The highest BCUT2D eigenvalue weighted by molar-refractivity contribution is 5.50. The first-order valence-electron chi connectivity index (χ1n) is 4.04. The smallest absolute Gasteiger partial charge is 0.167 e. The number of nitrogens with zero attached hydrogens (tertiary/aromatic N) is 1. The van der Waals surface area contributed by atoms with Crippen LogP contribution in [0.3, 0.4) is 0 Å². The molecule has 3 nitrogen and oxygen atoms in total. The van der Waals surface area contributed by atoms with Crippen molar-refractivity contribution in [3.8, 4) is 5.75 Å². The average Bonchev–Trinajstić information content (AvgIpc) is 2.19. The van der Waals surface area contributed by atoms with Crippen molar-refractivity contribution < 1.29 is 13.5 Å². The molecule has 2 N–H and O–H groups in total. The zero-order valence-corrected chi connectivity index (χ0v) is 8.05. The topological polar surface area (TPSA) is 38.5 Å². The van der Waals surface area contributed by atoms with Crippen molar-refractivity contribution in [1.82, 2.24) is 0 Å². The van der Waals surface area contributed by atoms with Gasteiger partial charge in [0.1, 0.15) is 5.82 Å². The van der Waals surface area contributed by atoms with Gasteiger partial charge in [-0.25, -0.2) is 8.78 Å². The quantitative estimate of drug-likeness (QED) is 0.751. The van der Waals surface area contributed by atoms with Crippen LogP contribution < -0.4 is 15.4 Å². The first kappa shape index (κ1) is 10.7. The Bertz CT molecular complexity index is 331. The molecule has 0 atom stereocenters. The molecule has 0 fully saturated rings. The second kappa shape index (κ2) is 4.23. The van der Waals surface area contributed by atoms with Crippen molar-refractivity contribution >= 4 is 5.69 Å². The van der Waals surface area contributed by atoms with Gasteiger partial charge in [-0.3, -0.25) is 0 Å². The lowest BCUT2D eigenvalue weighted by molar-refractivity contribution is 0.383. The van der Waals surface area contributed by atoms with Crippen LogP contribution in [-0.2, 0) is 0 Å². The summed E-state index contributed by atoms with van der Waals surface area (Å²) in [6.45, 7) is 0.114. The van der Waals surface area contributed by atoms with Crippen molar-refractivity contribution in [2.24, 2.45) is 5.73 Å². The molecule has 0 bridgehead atoms. The number of nitrogens with two attached hydrogens (primary N) is 1. The van der Waals surface area contributed by atoms with Crippen LogP contribution >= 0.6 is 0 Å². The second-order valence-electron chi connectivity index (χ2n) is 2.82. The van der Waals surface area contributed by atoms with Crippen LogP contribution in [0.2, 0.25) is 0 Å². The number of benzene rings is 1. The summed E-state index contributed by atoms with van der Waals surface area (Å²) in [6, 6.07) is 2.05. The van der Waals surface area contributed by atoms with Crippen molar-refractivity contribution in [2.75, 3.05) is 25.7 Å². The van der Waals surface area contributed by atoms with Gasteiger partial charge in [0, 0.05) is 19.2 Å². The van der Waals surface area contributed by atoms with E-state index >= 15 is 0 Å². The standard InChI is InChI=1S/C9H12F2N2O/c1-13(5-12)8-3-7(11)9(14-2)4-6(8)10/h3-4H,5,12H2,1-2H3.